The Kier molecular flexibility index (Phi) is 5.53. The molecule has 2 aromatic carbocycles. The van der Waals surface area contributed by atoms with Crippen molar-refractivity contribution in [2.45, 2.75) is 26.3 Å². The van der Waals surface area contributed by atoms with E-state index in [-0.39, 0.29) is 11.8 Å². The Morgan fingerprint density at radius 3 is 2.57 bits per heavy atom. The summed E-state index contributed by atoms with van der Waals surface area (Å²) >= 11 is 0. The molecule has 0 radical (unpaired) electrons. The summed E-state index contributed by atoms with van der Waals surface area (Å²) in [4.78, 5) is 12.8. The van der Waals surface area contributed by atoms with Crippen LogP contribution in [-0.2, 0) is 11.3 Å². The van der Waals surface area contributed by atoms with Crippen LogP contribution in [0.3, 0.4) is 0 Å². The van der Waals surface area contributed by atoms with E-state index in [0.29, 0.717) is 6.54 Å². The van der Waals surface area contributed by atoms with E-state index < -0.39 is 0 Å². The summed E-state index contributed by atoms with van der Waals surface area (Å²) in [5, 5.41) is 11.3. The van der Waals surface area contributed by atoms with E-state index in [1.807, 2.05) is 41.1 Å². The zero-order valence-electron chi connectivity index (χ0n) is 16.2. The van der Waals surface area contributed by atoms with Crippen LogP contribution in [0.15, 0.2) is 60.7 Å². The third-order valence-corrected chi connectivity index (χ3v) is 5.34. The second kappa shape index (κ2) is 8.40. The van der Waals surface area contributed by atoms with E-state index in [1.165, 1.54) is 5.56 Å². The first-order chi connectivity index (χ1) is 13.7. The molecule has 1 aliphatic heterocycles. The van der Waals surface area contributed by atoms with E-state index in [9.17, 15) is 4.79 Å². The Labute approximate surface area is 165 Å². The SMILES string of the molecule is Cc1ccccc1-c1cc(NC(=O)C2CCNCC2)n(Cc2ccccc2)n1. The highest BCUT2D eigenvalue weighted by Crippen LogP contribution is 2.26. The molecule has 4 rings (SSSR count). The fourth-order valence-corrected chi connectivity index (χ4v) is 3.70. The first-order valence-corrected chi connectivity index (χ1v) is 9.90. The molecule has 3 aromatic rings. The summed E-state index contributed by atoms with van der Waals surface area (Å²) in [6, 6.07) is 20.4. The van der Waals surface area contributed by atoms with Crippen molar-refractivity contribution in [2.24, 2.45) is 5.92 Å². The van der Waals surface area contributed by atoms with Gasteiger partial charge in [0.1, 0.15) is 5.82 Å². The number of hydrogen-bond donors (Lipinski definition) is 2. The van der Waals surface area contributed by atoms with Gasteiger partial charge >= 0.3 is 0 Å². The van der Waals surface area contributed by atoms with Gasteiger partial charge in [0.25, 0.3) is 0 Å². The van der Waals surface area contributed by atoms with Crippen LogP contribution >= 0.6 is 0 Å². The highest BCUT2D eigenvalue weighted by molar-refractivity contribution is 5.92. The molecule has 2 N–H and O–H groups in total. The highest BCUT2D eigenvalue weighted by Gasteiger charge is 2.22. The van der Waals surface area contributed by atoms with Crippen molar-refractivity contribution < 1.29 is 4.79 Å². The summed E-state index contributed by atoms with van der Waals surface area (Å²) in [5.74, 6) is 0.904. The van der Waals surface area contributed by atoms with E-state index in [1.54, 1.807) is 0 Å². The number of aromatic nitrogens is 2. The molecule has 1 saturated heterocycles. The molecule has 1 aromatic heterocycles. The van der Waals surface area contributed by atoms with Crippen LogP contribution in [0.5, 0.6) is 0 Å². The van der Waals surface area contributed by atoms with E-state index >= 15 is 0 Å². The molecule has 2 heterocycles. The van der Waals surface area contributed by atoms with Crippen molar-refractivity contribution in [1.82, 2.24) is 15.1 Å². The first kappa shape index (κ1) is 18.4. The van der Waals surface area contributed by atoms with Crippen molar-refractivity contribution in [3.8, 4) is 11.3 Å². The lowest BCUT2D eigenvalue weighted by Crippen LogP contribution is -2.35. The average Bonchev–Trinajstić information content (AvgIpc) is 3.11. The molecular formula is C23H26N4O. The van der Waals surface area contributed by atoms with Gasteiger partial charge in [-0.2, -0.15) is 5.10 Å². The van der Waals surface area contributed by atoms with Crippen molar-refractivity contribution in [3.05, 3.63) is 71.8 Å². The molecule has 1 amide bonds. The minimum Gasteiger partial charge on any atom is -0.317 e. The number of carbonyl (C=O) groups excluding carboxylic acids is 1. The van der Waals surface area contributed by atoms with Crippen molar-refractivity contribution in [2.75, 3.05) is 18.4 Å². The van der Waals surface area contributed by atoms with Crippen LogP contribution in [0.2, 0.25) is 0 Å². The van der Waals surface area contributed by atoms with Crippen molar-refractivity contribution in [1.29, 1.82) is 0 Å². The predicted octanol–water partition coefficient (Wildman–Crippen LogP) is 3.84. The van der Waals surface area contributed by atoms with Gasteiger partial charge in [-0.25, -0.2) is 4.68 Å². The Morgan fingerprint density at radius 1 is 1.11 bits per heavy atom. The highest BCUT2D eigenvalue weighted by atomic mass is 16.2. The van der Waals surface area contributed by atoms with Gasteiger partial charge in [-0.3, -0.25) is 4.79 Å². The number of amides is 1. The maximum absolute atomic E-state index is 12.8. The molecule has 5 nitrogen and oxygen atoms in total. The molecule has 1 aliphatic rings. The van der Waals surface area contributed by atoms with E-state index in [2.05, 4.69) is 41.8 Å². The fourth-order valence-electron chi connectivity index (χ4n) is 3.70. The van der Waals surface area contributed by atoms with Crippen molar-refractivity contribution in [3.63, 3.8) is 0 Å². The standard InChI is InChI=1S/C23H26N4O/c1-17-7-5-6-10-20(17)21-15-22(25-23(28)19-11-13-24-14-12-19)27(26-21)16-18-8-3-2-4-9-18/h2-10,15,19,24H,11-14,16H2,1H3,(H,25,28). The zero-order chi connectivity index (χ0) is 19.3. The second-order valence-electron chi connectivity index (χ2n) is 7.39. The van der Waals surface area contributed by atoms with Gasteiger partial charge in [-0.1, -0.05) is 54.6 Å². The Balaban J connectivity index is 1.64. The lowest BCUT2D eigenvalue weighted by Gasteiger charge is -2.21. The molecule has 0 spiro atoms. The number of anilines is 1. The van der Waals surface area contributed by atoms with E-state index in [4.69, 9.17) is 5.10 Å². The number of rotatable bonds is 5. The number of benzene rings is 2. The van der Waals surface area contributed by atoms with Gasteiger partial charge in [0.15, 0.2) is 0 Å². The molecule has 0 saturated carbocycles. The lowest BCUT2D eigenvalue weighted by atomic mass is 9.97. The van der Waals surface area contributed by atoms with Crippen LogP contribution < -0.4 is 10.6 Å². The molecule has 5 heteroatoms. The number of hydrogen-bond acceptors (Lipinski definition) is 3. The van der Waals surface area contributed by atoms with Gasteiger partial charge in [0.2, 0.25) is 5.91 Å². The van der Waals surface area contributed by atoms with Crippen LogP contribution in [0.25, 0.3) is 11.3 Å². The monoisotopic (exact) mass is 374 g/mol. The largest absolute Gasteiger partial charge is 0.317 e. The quantitative estimate of drug-likeness (QED) is 0.713. The van der Waals surface area contributed by atoms with Crippen molar-refractivity contribution >= 4 is 11.7 Å². The molecular weight excluding hydrogens is 348 g/mol. The first-order valence-electron chi connectivity index (χ1n) is 9.90. The van der Waals surface area contributed by atoms with E-state index in [0.717, 1.165) is 48.6 Å². The number of nitrogens with one attached hydrogen (secondary N) is 2. The fraction of sp³-hybridized carbons (Fsp3) is 0.304. The topological polar surface area (TPSA) is 59.0 Å². The smallest absolute Gasteiger partial charge is 0.228 e. The maximum atomic E-state index is 12.8. The van der Waals surface area contributed by atoms with Crippen LogP contribution in [0, 0.1) is 12.8 Å². The number of carbonyl (C=O) groups is 1. The van der Waals surface area contributed by atoms with Gasteiger partial charge in [0.05, 0.1) is 12.2 Å². The molecule has 1 fully saturated rings. The summed E-state index contributed by atoms with van der Waals surface area (Å²) in [7, 11) is 0. The number of nitrogens with zero attached hydrogens (tertiary/aromatic N) is 2. The van der Waals surface area contributed by atoms with Gasteiger partial charge in [-0.15, -0.1) is 0 Å². The Hall–Kier alpha value is -2.92. The molecule has 0 unspecified atom stereocenters. The number of piperidine rings is 1. The van der Waals surface area contributed by atoms with Gasteiger partial charge < -0.3 is 10.6 Å². The third-order valence-electron chi connectivity index (χ3n) is 5.34. The van der Waals surface area contributed by atoms with Crippen LogP contribution in [-0.4, -0.2) is 28.8 Å². The Bertz CT molecular complexity index is 942. The molecule has 144 valence electrons. The van der Waals surface area contributed by atoms with Crippen LogP contribution in [0.4, 0.5) is 5.82 Å². The summed E-state index contributed by atoms with van der Waals surface area (Å²) < 4.78 is 1.90. The lowest BCUT2D eigenvalue weighted by molar-refractivity contribution is -0.120. The molecule has 28 heavy (non-hydrogen) atoms. The second-order valence-corrected chi connectivity index (χ2v) is 7.39. The van der Waals surface area contributed by atoms with Gasteiger partial charge in [-0.05, 0) is 44.0 Å². The third kappa shape index (κ3) is 4.15. The van der Waals surface area contributed by atoms with Gasteiger partial charge in [0, 0.05) is 17.5 Å². The zero-order valence-corrected chi connectivity index (χ0v) is 16.2. The van der Waals surface area contributed by atoms with Crippen LogP contribution in [0.1, 0.15) is 24.0 Å². The minimum absolute atomic E-state index is 0.0586. The number of aryl methyl sites for hydroxylation is 1. The maximum Gasteiger partial charge on any atom is 0.228 e. The normalized spacial score (nSPS) is 14.8. The Morgan fingerprint density at radius 2 is 1.82 bits per heavy atom. The minimum atomic E-state index is 0.0586. The molecule has 0 bridgehead atoms. The molecule has 0 aliphatic carbocycles. The molecule has 0 atom stereocenters. The summed E-state index contributed by atoms with van der Waals surface area (Å²) in [6.07, 6.45) is 1.76. The predicted molar refractivity (Wildman–Crippen MR) is 112 cm³/mol. The summed E-state index contributed by atoms with van der Waals surface area (Å²) in [6.45, 7) is 4.50. The average molecular weight is 374 g/mol. The summed E-state index contributed by atoms with van der Waals surface area (Å²) in [5.41, 5.74) is 4.30.